The molecule has 2 nitrogen and oxygen atoms in total. The van der Waals surface area contributed by atoms with Crippen molar-refractivity contribution in [2.75, 3.05) is 5.88 Å². The number of carbonyl (C=O) groups is 1. The van der Waals surface area contributed by atoms with Gasteiger partial charge >= 0.3 is 0 Å². The molecule has 0 bridgehead atoms. The summed E-state index contributed by atoms with van der Waals surface area (Å²) in [5.74, 6) is 1.37. The van der Waals surface area contributed by atoms with Crippen LogP contribution in [-0.2, 0) is 6.42 Å². The standard InChI is InChI=1S/C13H15ClO2/c1-13(2)8-10-7-9(11(15)5-6-14)3-4-12(10)16-13/h3-4,7H,5-6,8H2,1-2H3. The Morgan fingerprint density at radius 2 is 2.25 bits per heavy atom. The van der Waals surface area contributed by atoms with Crippen LogP contribution in [0.2, 0.25) is 0 Å². The minimum absolute atomic E-state index is 0.0995. The van der Waals surface area contributed by atoms with Crippen LogP contribution in [0.5, 0.6) is 5.75 Å². The number of ether oxygens (including phenoxy) is 1. The number of hydrogen-bond acceptors (Lipinski definition) is 2. The van der Waals surface area contributed by atoms with Crippen LogP contribution in [0.3, 0.4) is 0 Å². The van der Waals surface area contributed by atoms with Gasteiger partial charge in [-0.15, -0.1) is 11.6 Å². The van der Waals surface area contributed by atoms with E-state index in [1.807, 2.05) is 32.0 Å². The number of carbonyl (C=O) groups excluding carboxylic acids is 1. The lowest BCUT2D eigenvalue weighted by Gasteiger charge is -2.16. The van der Waals surface area contributed by atoms with E-state index in [1.54, 1.807) is 0 Å². The van der Waals surface area contributed by atoms with E-state index in [-0.39, 0.29) is 11.4 Å². The van der Waals surface area contributed by atoms with E-state index in [1.165, 1.54) is 0 Å². The van der Waals surface area contributed by atoms with Gasteiger partial charge in [0.05, 0.1) is 0 Å². The summed E-state index contributed by atoms with van der Waals surface area (Å²) in [7, 11) is 0. The fourth-order valence-electron chi connectivity index (χ4n) is 2.01. The average Bonchev–Trinajstić information content (AvgIpc) is 2.50. The molecule has 1 aliphatic rings. The van der Waals surface area contributed by atoms with Crippen LogP contribution in [0.25, 0.3) is 0 Å². The van der Waals surface area contributed by atoms with E-state index in [2.05, 4.69) is 0 Å². The zero-order valence-electron chi connectivity index (χ0n) is 9.55. The van der Waals surface area contributed by atoms with Crippen molar-refractivity contribution in [3.05, 3.63) is 29.3 Å². The lowest BCUT2D eigenvalue weighted by Crippen LogP contribution is -2.24. The van der Waals surface area contributed by atoms with Crippen molar-refractivity contribution in [2.24, 2.45) is 0 Å². The molecule has 1 aromatic rings. The van der Waals surface area contributed by atoms with Gasteiger partial charge in [-0.1, -0.05) is 0 Å². The topological polar surface area (TPSA) is 26.3 Å². The van der Waals surface area contributed by atoms with Gasteiger partial charge in [0.2, 0.25) is 0 Å². The van der Waals surface area contributed by atoms with E-state index in [0.29, 0.717) is 12.3 Å². The molecule has 0 atom stereocenters. The van der Waals surface area contributed by atoms with Crippen molar-refractivity contribution in [1.82, 2.24) is 0 Å². The molecule has 0 spiro atoms. The highest BCUT2D eigenvalue weighted by molar-refractivity contribution is 6.19. The molecule has 0 N–H and O–H groups in total. The molecule has 1 aliphatic heterocycles. The second kappa shape index (κ2) is 4.10. The Balaban J connectivity index is 2.26. The van der Waals surface area contributed by atoms with Gasteiger partial charge in [-0.25, -0.2) is 0 Å². The summed E-state index contributed by atoms with van der Waals surface area (Å²) >= 11 is 5.56. The Bertz CT molecular complexity index is 424. The summed E-state index contributed by atoms with van der Waals surface area (Å²) in [4.78, 5) is 11.7. The van der Waals surface area contributed by atoms with Crippen molar-refractivity contribution in [1.29, 1.82) is 0 Å². The maximum Gasteiger partial charge on any atom is 0.164 e. The first-order chi connectivity index (χ1) is 7.52. The van der Waals surface area contributed by atoms with E-state index >= 15 is 0 Å². The summed E-state index contributed by atoms with van der Waals surface area (Å²) in [6, 6.07) is 5.62. The van der Waals surface area contributed by atoms with Crippen LogP contribution in [0, 0.1) is 0 Å². The minimum Gasteiger partial charge on any atom is -0.487 e. The van der Waals surface area contributed by atoms with Crippen LogP contribution < -0.4 is 4.74 Å². The van der Waals surface area contributed by atoms with E-state index in [4.69, 9.17) is 16.3 Å². The smallest absolute Gasteiger partial charge is 0.164 e. The predicted molar refractivity (Wildman–Crippen MR) is 64.5 cm³/mol. The highest BCUT2D eigenvalue weighted by Gasteiger charge is 2.30. The van der Waals surface area contributed by atoms with Gasteiger partial charge in [0.15, 0.2) is 5.78 Å². The van der Waals surface area contributed by atoms with E-state index in [9.17, 15) is 4.79 Å². The minimum atomic E-state index is -0.156. The third-order valence-corrected chi connectivity index (χ3v) is 2.90. The van der Waals surface area contributed by atoms with Gasteiger partial charge in [0.1, 0.15) is 11.4 Å². The molecule has 0 fully saturated rings. The molecule has 1 aromatic carbocycles. The molecule has 3 heteroatoms. The Labute approximate surface area is 101 Å². The second-order valence-corrected chi connectivity index (χ2v) is 5.10. The highest BCUT2D eigenvalue weighted by atomic mass is 35.5. The van der Waals surface area contributed by atoms with Crippen LogP contribution in [0.4, 0.5) is 0 Å². The summed E-state index contributed by atoms with van der Waals surface area (Å²) < 4.78 is 5.75. The van der Waals surface area contributed by atoms with Crippen molar-refractivity contribution in [2.45, 2.75) is 32.3 Å². The largest absolute Gasteiger partial charge is 0.487 e. The fraction of sp³-hybridized carbons (Fsp3) is 0.462. The number of Topliss-reactive ketones (excluding diaryl/α,β-unsaturated/α-hetero) is 1. The number of benzene rings is 1. The van der Waals surface area contributed by atoms with Crippen LogP contribution >= 0.6 is 11.6 Å². The first kappa shape index (κ1) is 11.5. The van der Waals surface area contributed by atoms with Crippen molar-refractivity contribution >= 4 is 17.4 Å². The molecule has 0 radical (unpaired) electrons. The highest BCUT2D eigenvalue weighted by Crippen LogP contribution is 2.35. The summed E-state index contributed by atoms with van der Waals surface area (Å²) in [6.07, 6.45) is 1.24. The summed E-state index contributed by atoms with van der Waals surface area (Å²) in [6.45, 7) is 4.10. The molecular formula is C13H15ClO2. The Hall–Kier alpha value is -1.02. The van der Waals surface area contributed by atoms with Crippen LogP contribution in [0.1, 0.15) is 36.2 Å². The molecule has 0 aliphatic carbocycles. The quantitative estimate of drug-likeness (QED) is 0.597. The number of rotatable bonds is 3. The number of hydrogen-bond donors (Lipinski definition) is 0. The lowest BCUT2D eigenvalue weighted by atomic mass is 9.99. The van der Waals surface area contributed by atoms with Gasteiger partial charge < -0.3 is 4.74 Å². The molecule has 86 valence electrons. The van der Waals surface area contributed by atoms with Crippen LogP contribution in [-0.4, -0.2) is 17.3 Å². The molecule has 1 heterocycles. The molecule has 0 saturated heterocycles. The van der Waals surface area contributed by atoms with Gasteiger partial charge in [-0.3, -0.25) is 4.79 Å². The zero-order chi connectivity index (χ0) is 11.8. The van der Waals surface area contributed by atoms with E-state index < -0.39 is 0 Å². The fourth-order valence-corrected chi connectivity index (χ4v) is 2.18. The Morgan fingerprint density at radius 3 is 2.94 bits per heavy atom. The van der Waals surface area contributed by atoms with Crippen molar-refractivity contribution in [3.8, 4) is 5.75 Å². The van der Waals surface area contributed by atoms with Crippen molar-refractivity contribution in [3.63, 3.8) is 0 Å². The Morgan fingerprint density at radius 1 is 1.50 bits per heavy atom. The van der Waals surface area contributed by atoms with E-state index in [0.717, 1.165) is 23.3 Å². The summed E-state index contributed by atoms with van der Waals surface area (Å²) in [5, 5.41) is 0. The molecule has 0 unspecified atom stereocenters. The zero-order valence-corrected chi connectivity index (χ0v) is 10.3. The predicted octanol–water partition coefficient (Wildman–Crippen LogP) is 3.21. The van der Waals surface area contributed by atoms with Crippen LogP contribution in [0.15, 0.2) is 18.2 Å². The molecule has 2 rings (SSSR count). The maximum absolute atomic E-state index is 11.7. The first-order valence-corrected chi connectivity index (χ1v) is 5.96. The normalized spacial score (nSPS) is 16.7. The van der Waals surface area contributed by atoms with Gasteiger partial charge in [0.25, 0.3) is 0 Å². The first-order valence-electron chi connectivity index (χ1n) is 5.43. The van der Waals surface area contributed by atoms with Gasteiger partial charge in [-0.2, -0.15) is 0 Å². The third-order valence-electron chi connectivity index (χ3n) is 2.71. The second-order valence-electron chi connectivity index (χ2n) is 4.72. The third kappa shape index (κ3) is 2.22. The molecule has 16 heavy (non-hydrogen) atoms. The number of fused-ring (bicyclic) bond motifs is 1. The SMILES string of the molecule is CC1(C)Cc2cc(C(=O)CCCl)ccc2O1. The van der Waals surface area contributed by atoms with Gasteiger partial charge in [-0.05, 0) is 37.6 Å². The average molecular weight is 239 g/mol. The number of ketones is 1. The summed E-state index contributed by atoms with van der Waals surface area (Å²) in [5.41, 5.74) is 1.70. The maximum atomic E-state index is 11.7. The number of alkyl halides is 1. The van der Waals surface area contributed by atoms with Gasteiger partial charge in [0, 0.05) is 24.3 Å². The number of halogens is 1. The van der Waals surface area contributed by atoms with Crippen molar-refractivity contribution < 1.29 is 9.53 Å². The Kier molecular flexibility index (Phi) is 2.94. The lowest BCUT2D eigenvalue weighted by molar-refractivity contribution is 0.0989. The molecule has 0 saturated carbocycles. The molecular weight excluding hydrogens is 224 g/mol. The monoisotopic (exact) mass is 238 g/mol. The molecule has 0 aromatic heterocycles. The molecule has 0 amide bonds.